The Morgan fingerprint density at radius 2 is 1.76 bits per heavy atom. The van der Waals surface area contributed by atoms with Crippen LogP contribution in [0, 0.1) is 5.41 Å². The lowest BCUT2D eigenvalue weighted by Gasteiger charge is -2.31. The summed E-state index contributed by atoms with van der Waals surface area (Å²) in [4.78, 5) is 1.96. The van der Waals surface area contributed by atoms with E-state index >= 15 is 0 Å². The van der Waals surface area contributed by atoms with Crippen LogP contribution in [0.1, 0.15) is 27.2 Å². The van der Waals surface area contributed by atoms with Gasteiger partial charge in [0.2, 0.25) is 0 Å². The fourth-order valence-corrected chi connectivity index (χ4v) is 1.55. The topological polar surface area (TPSA) is 38.5 Å². The summed E-state index contributed by atoms with van der Waals surface area (Å²) in [6.07, 6.45) is -3.64. The highest BCUT2D eigenvalue weighted by molar-refractivity contribution is 4.74. The maximum Gasteiger partial charge on any atom is 0.522 e. The Kier molecular flexibility index (Phi) is 7.04. The lowest BCUT2D eigenvalue weighted by molar-refractivity contribution is -0.325. The van der Waals surface area contributed by atoms with Gasteiger partial charge in [-0.15, -0.1) is 13.2 Å². The fourth-order valence-electron chi connectivity index (χ4n) is 1.55. The van der Waals surface area contributed by atoms with Crippen LogP contribution in [0.4, 0.5) is 13.2 Å². The first-order chi connectivity index (χ1) is 7.70. The minimum Gasteiger partial charge on any atom is -0.330 e. The van der Waals surface area contributed by atoms with Crippen LogP contribution >= 0.6 is 0 Å². The second kappa shape index (κ2) is 7.18. The number of ether oxygens (including phenoxy) is 1. The van der Waals surface area contributed by atoms with Crippen LogP contribution in [0.2, 0.25) is 0 Å². The van der Waals surface area contributed by atoms with E-state index < -0.39 is 6.36 Å². The largest absolute Gasteiger partial charge is 0.522 e. The summed E-state index contributed by atoms with van der Waals surface area (Å²) in [7, 11) is 0. The number of halogens is 3. The molecule has 2 N–H and O–H groups in total. The van der Waals surface area contributed by atoms with Crippen LogP contribution in [0.3, 0.4) is 0 Å². The first-order valence-electron chi connectivity index (χ1n) is 5.83. The molecule has 0 bridgehead atoms. The predicted octanol–water partition coefficient (Wildman–Crippen LogP) is 2.22. The van der Waals surface area contributed by atoms with Gasteiger partial charge in [0.05, 0.1) is 6.61 Å². The zero-order valence-corrected chi connectivity index (χ0v) is 10.8. The highest BCUT2D eigenvalue weighted by Crippen LogP contribution is 2.17. The van der Waals surface area contributed by atoms with E-state index in [2.05, 4.69) is 4.74 Å². The van der Waals surface area contributed by atoms with Crippen molar-refractivity contribution in [3.05, 3.63) is 0 Å². The van der Waals surface area contributed by atoms with Crippen molar-refractivity contribution < 1.29 is 17.9 Å². The molecule has 6 heteroatoms. The number of alkyl halides is 3. The maximum atomic E-state index is 11.8. The van der Waals surface area contributed by atoms with Crippen molar-refractivity contribution in [3.63, 3.8) is 0 Å². The van der Waals surface area contributed by atoms with Crippen molar-refractivity contribution in [3.8, 4) is 0 Å². The van der Waals surface area contributed by atoms with Gasteiger partial charge in [-0.1, -0.05) is 20.8 Å². The molecule has 0 aliphatic carbocycles. The Bertz CT molecular complexity index is 207. The van der Waals surface area contributed by atoms with E-state index in [-0.39, 0.29) is 18.6 Å². The molecule has 0 aromatic carbocycles. The van der Waals surface area contributed by atoms with E-state index in [1.54, 1.807) is 0 Å². The monoisotopic (exact) mass is 256 g/mol. The molecule has 0 amide bonds. The van der Waals surface area contributed by atoms with Crippen LogP contribution < -0.4 is 5.73 Å². The van der Waals surface area contributed by atoms with Gasteiger partial charge in [-0.25, -0.2) is 0 Å². The highest BCUT2D eigenvalue weighted by atomic mass is 19.4. The molecular weight excluding hydrogens is 233 g/mol. The molecule has 0 aliphatic rings. The van der Waals surface area contributed by atoms with E-state index in [1.807, 2.05) is 25.7 Å². The third kappa shape index (κ3) is 9.38. The zero-order chi connectivity index (χ0) is 13.5. The minimum atomic E-state index is -4.54. The normalized spacial score (nSPS) is 13.4. The molecule has 0 aliphatic heterocycles. The number of nitrogens with two attached hydrogens (primary N) is 1. The molecule has 0 unspecified atom stereocenters. The van der Waals surface area contributed by atoms with Gasteiger partial charge in [-0.05, 0) is 24.9 Å². The third-order valence-corrected chi connectivity index (χ3v) is 2.42. The molecule has 3 nitrogen and oxygen atoms in total. The summed E-state index contributed by atoms with van der Waals surface area (Å²) >= 11 is 0. The molecule has 17 heavy (non-hydrogen) atoms. The Morgan fingerprint density at radius 3 is 2.18 bits per heavy atom. The van der Waals surface area contributed by atoms with Crippen molar-refractivity contribution in [2.75, 3.05) is 32.8 Å². The van der Waals surface area contributed by atoms with Gasteiger partial charge >= 0.3 is 6.36 Å². The van der Waals surface area contributed by atoms with Crippen LogP contribution in [0.25, 0.3) is 0 Å². The van der Waals surface area contributed by atoms with Crippen LogP contribution in [0.15, 0.2) is 0 Å². The van der Waals surface area contributed by atoms with E-state index in [4.69, 9.17) is 5.73 Å². The van der Waals surface area contributed by atoms with Gasteiger partial charge in [0.1, 0.15) is 0 Å². The first kappa shape index (κ1) is 16.7. The zero-order valence-electron chi connectivity index (χ0n) is 10.8. The van der Waals surface area contributed by atoms with Crippen molar-refractivity contribution in [1.82, 2.24) is 4.90 Å². The van der Waals surface area contributed by atoms with Crippen LogP contribution in [0.5, 0.6) is 0 Å². The van der Waals surface area contributed by atoms with Crippen molar-refractivity contribution in [2.24, 2.45) is 11.1 Å². The number of rotatable bonds is 8. The van der Waals surface area contributed by atoms with Gasteiger partial charge < -0.3 is 10.6 Å². The second-order valence-corrected chi connectivity index (χ2v) is 4.94. The molecule has 0 radical (unpaired) electrons. The van der Waals surface area contributed by atoms with Crippen molar-refractivity contribution >= 4 is 0 Å². The Morgan fingerprint density at radius 1 is 1.18 bits per heavy atom. The Hall–Kier alpha value is -0.330. The van der Waals surface area contributed by atoms with Crippen LogP contribution in [-0.4, -0.2) is 44.0 Å². The smallest absolute Gasteiger partial charge is 0.330 e. The van der Waals surface area contributed by atoms with E-state index in [1.165, 1.54) is 0 Å². The molecule has 0 rings (SSSR count). The minimum absolute atomic E-state index is 0.0899. The summed E-state index contributed by atoms with van der Waals surface area (Å²) < 4.78 is 39.3. The summed E-state index contributed by atoms with van der Waals surface area (Å²) in [6.45, 7) is 7.88. The number of hydrogen-bond acceptors (Lipinski definition) is 3. The quantitative estimate of drug-likeness (QED) is 0.723. The fraction of sp³-hybridized carbons (Fsp3) is 1.00. The molecule has 0 heterocycles. The van der Waals surface area contributed by atoms with Crippen LogP contribution in [-0.2, 0) is 4.74 Å². The summed E-state index contributed by atoms with van der Waals surface area (Å²) in [5, 5.41) is 0. The molecular formula is C11H23F3N2O. The summed E-state index contributed by atoms with van der Waals surface area (Å²) in [5.41, 5.74) is 5.52. The lowest BCUT2D eigenvalue weighted by atomic mass is 9.93. The molecule has 0 fully saturated rings. The van der Waals surface area contributed by atoms with Gasteiger partial charge in [-0.2, -0.15) is 0 Å². The average molecular weight is 256 g/mol. The molecule has 0 atom stereocenters. The standard InChI is InChI=1S/C11H23F3N2O/c1-4-5-16(9-10(2,3)8-15)6-7-17-11(12,13)14/h4-9,15H2,1-3H3. The molecule has 104 valence electrons. The molecule has 0 saturated heterocycles. The molecule has 0 saturated carbocycles. The Balaban J connectivity index is 4.07. The first-order valence-corrected chi connectivity index (χ1v) is 5.83. The van der Waals surface area contributed by atoms with Gasteiger partial charge in [-0.3, -0.25) is 4.74 Å². The molecule has 0 spiro atoms. The number of hydrogen-bond donors (Lipinski definition) is 1. The van der Waals surface area contributed by atoms with Gasteiger partial charge in [0.25, 0.3) is 0 Å². The van der Waals surface area contributed by atoms with E-state index in [9.17, 15) is 13.2 Å². The third-order valence-electron chi connectivity index (χ3n) is 2.42. The van der Waals surface area contributed by atoms with Crippen molar-refractivity contribution in [1.29, 1.82) is 0 Å². The predicted molar refractivity (Wildman–Crippen MR) is 61.6 cm³/mol. The lowest BCUT2D eigenvalue weighted by Crippen LogP contribution is -2.41. The number of nitrogens with zero attached hydrogens (tertiary/aromatic N) is 1. The SMILES string of the molecule is CCCN(CCOC(F)(F)F)CC(C)(C)CN. The van der Waals surface area contributed by atoms with E-state index in [0.29, 0.717) is 13.1 Å². The highest BCUT2D eigenvalue weighted by Gasteiger charge is 2.29. The molecule has 0 aromatic heterocycles. The average Bonchev–Trinajstić information content (AvgIpc) is 2.15. The summed E-state index contributed by atoms with van der Waals surface area (Å²) in [6, 6.07) is 0. The van der Waals surface area contributed by atoms with Gasteiger partial charge in [0, 0.05) is 13.1 Å². The maximum absolute atomic E-state index is 11.8. The Labute approximate surface area is 101 Å². The molecule has 0 aromatic rings. The van der Waals surface area contributed by atoms with E-state index in [0.717, 1.165) is 13.0 Å². The van der Waals surface area contributed by atoms with Gasteiger partial charge in [0.15, 0.2) is 0 Å². The summed E-state index contributed by atoms with van der Waals surface area (Å²) in [5.74, 6) is 0. The second-order valence-electron chi connectivity index (χ2n) is 4.94. The van der Waals surface area contributed by atoms with Crippen molar-refractivity contribution in [2.45, 2.75) is 33.6 Å².